The van der Waals surface area contributed by atoms with Crippen molar-refractivity contribution in [1.29, 1.82) is 0 Å². The minimum atomic E-state index is -0.480. The van der Waals surface area contributed by atoms with Crippen LogP contribution >= 0.6 is 0 Å². The van der Waals surface area contributed by atoms with Gasteiger partial charge in [-0.1, -0.05) is 182 Å². The molecule has 0 saturated carbocycles. The van der Waals surface area contributed by atoms with E-state index in [0.717, 1.165) is 61.1 Å². The summed E-state index contributed by atoms with van der Waals surface area (Å²) >= 11 is 0. The molecule has 2 heteroatoms. The van der Waals surface area contributed by atoms with E-state index in [9.17, 15) is 0 Å². The van der Waals surface area contributed by atoms with Gasteiger partial charge in [0.15, 0.2) is 0 Å². The van der Waals surface area contributed by atoms with Gasteiger partial charge in [0.25, 0.3) is 0 Å². The van der Waals surface area contributed by atoms with Crippen molar-refractivity contribution < 1.29 is 4.42 Å². The van der Waals surface area contributed by atoms with E-state index in [4.69, 9.17) is 9.40 Å². The second kappa shape index (κ2) is 12.9. The van der Waals surface area contributed by atoms with Gasteiger partial charge in [0, 0.05) is 21.9 Å². The van der Waals surface area contributed by atoms with Crippen LogP contribution in [0, 0.1) is 0 Å². The molecule has 8 aromatic carbocycles. The molecule has 2 heterocycles. The molecule has 10 aromatic rings. The lowest BCUT2D eigenvalue weighted by Gasteiger charge is -2.33. The minimum absolute atomic E-state index is 0.480. The van der Waals surface area contributed by atoms with Crippen molar-refractivity contribution >= 4 is 21.9 Å². The fraction of sp³-hybridized carbons (Fsp3) is 0.0185. The number of pyridine rings is 1. The van der Waals surface area contributed by atoms with Gasteiger partial charge < -0.3 is 4.42 Å². The third-order valence-corrected chi connectivity index (χ3v) is 11.6. The Morgan fingerprint density at radius 1 is 0.339 bits per heavy atom. The van der Waals surface area contributed by atoms with Crippen LogP contribution in [0.5, 0.6) is 0 Å². The first-order valence-corrected chi connectivity index (χ1v) is 19.2. The monoisotopic (exact) mass is 713 g/mol. The van der Waals surface area contributed by atoms with Crippen LogP contribution in [0.4, 0.5) is 0 Å². The van der Waals surface area contributed by atoms with Crippen molar-refractivity contribution in [2.24, 2.45) is 0 Å². The highest BCUT2D eigenvalue weighted by molar-refractivity contribution is 6.14. The number of rotatable bonds is 6. The third kappa shape index (κ3) is 5.00. The van der Waals surface area contributed by atoms with E-state index < -0.39 is 5.41 Å². The molecule has 2 aromatic heterocycles. The Morgan fingerprint density at radius 3 is 1.54 bits per heavy atom. The lowest BCUT2D eigenvalue weighted by molar-refractivity contribution is 0.666. The molecule has 0 aliphatic heterocycles. The summed E-state index contributed by atoms with van der Waals surface area (Å²) in [5, 5.41) is 2.25. The molecule has 0 saturated heterocycles. The summed E-state index contributed by atoms with van der Waals surface area (Å²) in [5.41, 5.74) is 17.5. The van der Waals surface area contributed by atoms with Crippen LogP contribution in [0.2, 0.25) is 0 Å². The largest absolute Gasteiger partial charge is 0.456 e. The lowest BCUT2D eigenvalue weighted by Crippen LogP contribution is -2.28. The molecule has 0 amide bonds. The first kappa shape index (κ1) is 32.2. The Bertz CT molecular complexity index is 2940. The van der Waals surface area contributed by atoms with Gasteiger partial charge in [0.2, 0.25) is 0 Å². The molecule has 0 bridgehead atoms. The summed E-state index contributed by atoms with van der Waals surface area (Å²) < 4.78 is 6.80. The molecule has 0 N–H and O–H groups in total. The molecule has 0 fully saturated rings. The number of hydrogen-bond donors (Lipinski definition) is 0. The molecule has 0 unspecified atom stereocenters. The van der Waals surface area contributed by atoms with Gasteiger partial charge in [0.05, 0.1) is 16.8 Å². The second-order valence-electron chi connectivity index (χ2n) is 14.6. The zero-order chi connectivity index (χ0) is 37.1. The van der Waals surface area contributed by atoms with E-state index in [1.807, 2.05) is 6.07 Å². The van der Waals surface area contributed by atoms with Crippen LogP contribution in [-0.2, 0) is 5.41 Å². The van der Waals surface area contributed by atoms with Crippen LogP contribution in [-0.4, -0.2) is 4.98 Å². The van der Waals surface area contributed by atoms with Crippen LogP contribution in [0.3, 0.4) is 0 Å². The van der Waals surface area contributed by atoms with Gasteiger partial charge in [-0.25, -0.2) is 4.98 Å². The molecule has 56 heavy (non-hydrogen) atoms. The second-order valence-corrected chi connectivity index (χ2v) is 14.6. The van der Waals surface area contributed by atoms with Crippen LogP contribution < -0.4 is 0 Å². The molecule has 0 atom stereocenters. The smallest absolute Gasteiger partial charge is 0.136 e. The van der Waals surface area contributed by atoms with Crippen molar-refractivity contribution in [3.63, 3.8) is 0 Å². The fourth-order valence-electron chi connectivity index (χ4n) is 9.05. The van der Waals surface area contributed by atoms with E-state index in [0.29, 0.717) is 0 Å². The van der Waals surface area contributed by atoms with Crippen LogP contribution in [0.1, 0.15) is 22.3 Å². The highest BCUT2D eigenvalue weighted by atomic mass is 16.3. The van der Waals surface area contributed by atoms with E-state index in [-0.39, 0.29) is 0 Å². The summed E-state index contributed by atoms with van der Waals surface area (Å²) in [6.45, 7) is 0. The molecular weight excluding hydrogens is 679 g/mol. The van der Waals surface area contributed by atoms with Gasteiger partial charge >= 0.3 is 0 Å². The summed E-state index contributed by atoms with van der Waals surface area (Å²) in [5.74, 6) is 0. The summed E-state index contributed by atoms with van der Waals surface area (Å²) in [7, 11) is 0. The number of nitrogens with zero attached hydrogens (tertiary/aromatic N) is 1. The van der Waals surface area contributed by atoms with E-state index >= 15 is 0 Å². The van der Waals surface area contributed by atoms with Crippen molar-refractivity contribution in [3.8, 4) is 55.9 Å². The number of hydrogen-bond acceptors (Lipinski definition) is 2. The van der Waals surface area contributed by atoms with Crippen molar-refractivity contribution in [2.45, 2.75) is 5.41 Å². The highest BCUT2D eigenvalue weighted by Crippen LogP contribution is 2.57. The number of furan rings is 1. The predicted octanol–water partition coefficient (Wildman–Crippen LogP) is 14.0. The zero-order valence-corrected chi connectivity index (χ0v) is 30.6. The average molecular weight is 714 g/mol. The van der Waals surface area contributed by atoms with Gasteiger partial charge in [-0.15, -0.1) is 0 Å². The Kier molecular flexibility index (Phi) is 7.43. The number of fused-ring (bicyclic) bond motifs is 6. The summed E-state index contributed by atoms with van der Waals surface area (Å²) in [4.78, 5) is 5.18. The maximum atomic E-state index is 6.80. The Hall–Kier alpha value is -7.29. The Labute approximate surface area is 326 Å². The molecule has 1 aliphatic rings. The molecule has 0 radical (unpaired) electrons. The third-order valence-electron chi connectivity index (χ3n) is 11.6. The standard InChI is InChI=1S/C54H35NO/c1-5-16-36(17-6-1)40-32-49(38-18-7-2-8-19-38)55-50(33-40)39-30-28-37(29-31-39)43-25-15-27-51-53(43)46-34-45-44-24-13-14-26-47(44)54(41-20-9-3-10-21-41,42-22-11-4-12-23-42)48(45)35-52(46)56-51/h1-35H. The molecule has 262 valence electrons. The summed E-state index contributed by atoms with van der Waals surface area (Å²) in [6, 6.07) is 76.1. The van der Waals surface area contributed by atoms with Crippen molar-refractivity contribution in [2.75, 3.05) is 0 Å². The van der Waals surface area contributed by atoms with Crippen molar-refractivity contribution in [3.05, 3.63) is 235 Å². The molecule has 1 aliphatic carbocycles. The predicted molar refractivity (Wildman–Crippen MR) is 231 cm³/mol. The van der Waals surface area contributed by atoms with Gasteiger partial charge in [-0.05, 0) is 86.0 Å². The first-order chi connectivity index (χ1) is 27.8. The Morgan fingerprint density at radius 2 is 0.875 bits per heavy atom. The molecule has 11 rings (SSSR count). The minimum Gasteiger partial charge on any atom is -0.456 e. The summed E-state index contributed by atoms with van der Waals surface area (Å²) in [6.07, 6.45) is 0. The SMILES string of the molecule is c1ccc(-c2cc(-c3ccccc3)nc(-c3ccc(-c4cccc5oc6cc7c(cc6c45)-c4ccccc4C7(c4ccccc4)c4ccccc4)cc3)c2)cc1. The van der Waals surface area contributed by atoms with Gasteiger partial charge in [0.1, 0.15) is 11.2 Å². The highest BCUT2D eigenvalue weighted by Gasteiger charge is 2.46. The van der Waals surface area contributed by atoms with Gasteiger partial charge in [-0.3, -0.25) is 0 Å². The Balaban J connectivity index is 1.07. The van der Waals surface area contributed by atoms with E-state index in [1.165, 1.54) is 38.9 Å². The maximum Gasteiger partial charge on any atom is 0.136 e. The molecule has 0 spiro atoms. The lowest BCUT2D eigenvalue weighted by atomic mass is 9.67. The van der Waals surface area contributed by atoms with Crippen molar-refractivity contribution in [1.82, 2.24) is 4.98 Å². The maximum absolute atomic E-state index is 6.80. The van der Waals surface area contributed by atoms with Gasteiger partial charge in [-0.2, -0.15) is 0 Å². The number of benzene rings is 8. The quantitative estimate of drug-likeness (QED) is 0.171. The first-order valence-electron chi connectivity index (χ1n) is 19.2. The normalized spacial score (nSPS) is 12.8. The average Bonchev–Trinajstić information content (AvgIpc) is 3.80. The number of aromatic nitrogens is 1. The van der Waals surface area contributed by atoms with E-state index in [1.54, 1.807) is 0 Å². The molecular formula is C54H35NO. The zero-order valence-electron chi connectivity index (χ0n) is 30.6. The van der Waals surface area contributed by atoms with E-state index in [2.05, 4.69) is 206 Å². The topological polar surface area (TPSA) is 26.0 Å². The van der Waals surface area contributed by atoms with Crippen LogP contribution in [0.25, 0.3) is 77.8 Å². The fourth-order valence-corrected chi connectivity index (χ4v) is 9.05. The molecule has 2 nitrogen and oxygen atoms in total. The van der Waals surface area contributed by atoms with Crippen LogP contribution in [0.15, 0.2) is 217 Å².